The van der Waals surface area contributed by atoms with Crippen LogP contribution in [-0.4, -0.2) is 36.5 Å². The van der Waals surface area contributed by atoms with Gasteiger partial charge in [-0.2, -0.15) is 8.42 Å². The summed E-state index contributed by atoms with van der Waals surface area (Å²) in [5, 5.41) is 12.8. The number of sulfonamides is 1. The molecule has 2 aromatic rings. The van der Waals surface area contributed by atoms with Gasteiger partial charge in [0.1, 0.15) is 0 Å². The number of rotatable bonds is 7. The highest BCUT2D eigenvalue weighted by Crippen LogP contribution is 2.26. The van der Waals surface area contributed by atoms with E-state index >= 15 is 0 Å². The monoisotopic (exact) mass is 439 g/mol. The lowest BCUT2D eigenvalue weighted by Crippen LogP contribution is -2.32. The van der Waals surface area contributed by atoms with Crippen molar-refractivity contribution in [3.05, 3.63) is 29.8 Å². The molecular weight excluding hydrogens is 414 g/mol. The maximum Gasteiger partial charge on any atom is 0.291 e. The van der Waals surface area contributed by atoms with E-state index in [0.717, 1.165) is 17.8 Å². The minimum atomic E-state index is -4.09. The fraction of sp³-hybridized carbons (Fsp3) is 0.444. The topological polar surface area (TPSA) is 130 Å². The number of amides is 2. The van der Waals surface area contributed by atoms with E-state index in [-0.39, 0.29) is 38.6 Å². The predicted octanol–water partition coefficient (Wildman–Crippen LogP) is 2.85. The van der Waals surface area contributed by atoms with Crippen molar-refractivity contribution >= 4 is 44.0 Å². The van der Waals surface area contributed by atoms with Crippen LogP contribution >= 0.6 is 11.3 Å². The SMILES string of the molecule is CC[C@@H](C)NC(=O)c1ccccc1NS(=O)(=O)c1nnc(NC(=O)C(C)(C)C)s1. The highest BCUT2D eigenvalue weighted by Gasteiger charge is 2.26. The van der Waals surface area contributed by atoms with Crippen molar-refractivity contribution in [2.24, 2.45) is 5.41 Å². The Balaban J connectivity index is 2.23. The number of hydrogen-bond donors (Lipinski definition) is 3. The second-order valence-corrected chi connectivity index (χ2v) is 10.3. The summed E-state index contributed by atoms with van der Waals surface area (Å²) in [5.41, 5.74) is -0.337. The van der Waals surface area contributed by atoms with Crippen molar-refractivity contribution in [2.75, 3.05) is 10.0 Å². The third kappa shape index (κ3) is 5.97. The van der Waals surface area contributed by atoms with Crippen LogP contribution in [-0.2, 0) is 14.8 Å². The van der Waals surface area contributed by atoms with Gasteiger partial charge in [0, 0.05) is 11.5 Å². The van der Waals surface area contributed by atoms with Crippen molar-refractivity contribution in [3.63, 3.8) is 0 Å². The second-order valence-electron chi connectivity index (χ2n) is 7.51. The van der Waals surface area contributed by atoms with Crippen LogP contribution in [0.5, 0.6) is 0 Å². The number of carbonyl (C=O) groups excluding carboxylic acids is 2. The molecule has 0 aliphatic carbocycles. The zero-order valence-electron chi connectivity index (χ0n) is 16.9. The first-order valence-corrected chi connectivity index (χ1v) is 11.3. The van der Waals surface area contributed by atoms with Crippen molar-refractivity contribution in [2.45, 2.75) is 51.4 Å². The number of aromatic nitrogens is 2. The fourth-order valence-corrected chi connectivity index (χ4v) is 3.99. The quantitative estimate of drug-likeness (QED) is 0.569. The Hall–Kier alpha value is -2.53. The summed E-state index contributed by atoms with van der Waals surface area (Å²) >= 11 is 0.727. The molecule has 0 aliphatic heterocycles. The van der Waals surface area contributed by atoms with E-state index in [9.17, 15) is 18.0 Å². The third-order valence-corrected chi connectivity index (χ3v) is 6.52. The number of anilines is 2. The van der Waals surface area contributed by atoms with Crippen LogP contribution in [0, 0.1) is 5.41 Å². The molecule has 3 N–H and O–H groups in total. The predicted molar refractivity (Wildman–Crippen MR) is 112 cm³/mol. The molecule has 1 aromatic heterocycles. The molecule has 2 amide bonds. The standard InChI is InChI=1S/C18H25N5O4S2/c1-6-11(2)19-14(24)12-9-7-8-10-13(12)23-29(26,27)17-22-21-16(28-17)20-15(25)18(3,4)5/h7-11,23H,6H2,1-5H3,(H,19,24)(H,20,21,25)/t11-/m1/s1. The van der Waals surface area contributed by atoms with Gasteiger partial charge in [-0.15, -0.1) is 10.2 Å². The van der Waals surface area contributed by atoms with Gasteiger partial charge in [0.25, 0.3) is 20.3 Å². The molecule has 1 atom stereocenters. The lowest BCUT2D eigenvalue weighted by Gasteiger charge is -2.15. The number of nitrogens with zero attached hydrogens (tertiary/aromatic N) is 2. The Morgan fingerprint density at radius 2 is 1.83 bits per heavy atom. The zero-order chi connectivity index (χ0) is 21.8. The number of para-hydroxylation sites is 1. The van der Waals surface area contributed by atoms with E-state index in [1.165, 1.54) is 12.1 Å². The first-order valence-electron chi connectivity index (χ1n) is 9.01. The van der Waals surface area contributed by atoms with Crippen LogP contribution in [0.3, 0.4) is 0 Å². The van der Waals surface area contributed by atoms with Gasteiger partial charge >= 0.3 is 0 Å². The van der Waals surface area contributed by atoms with Crippen LogP contribution in [0.15, 0.2) is 28.6 Å². The van der Waals surface area contributed by atoms with E-state index in [4.69, 9.17) is 0 Å². The van der Waals surface area contributed by atoms with Crippen molar-refractivity contribution < 1.29 is 18.0 Å². The van der Waals surface area contributed by atoms with Gasteiger partial charge in [-0.05, 0) is 25.5 Å². The van der Waals surface area contributed by atoms with Crippen LogP contribution in [0.4, 0.5) is 10.8 Å². The number of benzene rings is 1. The molecule has 0 spiro atoms. The molecule has 1 aromatic carbocycles. The molecule has 0 unspecified atom stereocenters. The Morgan fingerprint density at radius 1 is 1.17 bits per heavy atom. The molecule has 0 fully saturated rings. The second kappa shape index (κ2) is 8.87. The summed E-state index contributed by atoms with van der Waals surface area (Å²) in [7, 11) is -4.09. The molecule has 0 saturated carbocycles. The van der Waals surface area contributed by atoms with Crippen LogP contribution < -0.4 is 15.4 Å². The molecule has 0 aliphatic rings. The molecule has 158 valence electrons. The molecule has 0 radical (unpaired) electrons. The van der Waals surface area contributed by atoms with Gasteiger partial charge in [-0.1, -0.05) is 51.2 Å². The molecule has 11 heteroatoms. The van der Waals surface area contributed by atoms with Gasteiger partial charge in [0.15, 0.2) is 0 Å². The molecule has 9 nitrogen and oxygen atoms in total. The van der Waals surface area contributed by atoms with Crippen LogP contribution in [0.1, 0.15) is 51.4 Å². The summed E-state index contributed by atoms with van der Waals surface area (Å²) in [6.07, 6.45) is 0.744. The van der Waals surface area contributed by atoms with E-state index in [1.54, 1.807) is 32.9 Å². The Labute approximate surface area is 174 Å². The smallest absolute Gasteiger partial charge is 0.291 e. The maximum absolute atomic E-state index is 12.7. The third-order valence-electron chi connectivity index (χ3n) is 3.94. The fourth-order valence-electron chi connectivity index (χ4n) is 2.02. The minimum Gasteiger partial charge on any atom is -0.350 e. The summed E-state index contributed by atoms with van der Waals surface area (Å²) < 4.78 is 27.5. The van der Waals surface area contributed by atoms with E-state index < -0.39 is 15.4 Å². The van der Waals surface area contributed by atoms with Crippen molar-refractivity contribution in [1.29, 1.82) is 0 Å². The summed E-state index contributed by atoms with van der Waals surface area (Å²) in [5.74, 6) is -0.689. The van der Waals surface area contributed by atoms with Gasteiger partial charge in [0.2, 0.25) is 11.0 Å². The Morgan fingerprint density at radius 3 is 2.45 bits per heavy atom. The van der Waals surface area contributed by atoms with Crippen molar-refractivity contribution in [3.8, 4) is 0 Å². The summed E-state index contributed by atoms with van der Waals surface area (Å²) in [6.45, 7) is 8.97. The number of carbonyl (C=O) groups is 2. The molecule has 29 heavy (non-hydrogen) atoms. The lowest BCUT2D eigenvalue weighted by molar-refractivity contribution is -0.123. The summed E-state index contributed by atoms with van der Waals surface area (Å²) in [4.78, 5) is 24.5. The van der Waals surface area contributed by atoms with Gasteiger partial charge in [-0.25, -0.2) is 0 Å². The molecule has 2 rings (SSSR count). The Kier molecular flexibility index (Phi) is 6.96. The minimum absolute atomic E-state index is 0.0516. The van der Waals surface area contributed by atoms with E-state index in [2.05, 4.69) is 25.6 Å². The van der Waals surface area contributed by atoms with Crippen LogP contribution in [0.25, 0.3) is 0 Å². The van der Waals surface area contributed by atoms with E-state index in [1.807, 2.05) is 13.8 Å². The zero-order valence-corrected chi connectivity index (χ0v) is 18.6. The normalized spacial score (nSPS) is 12.9. The highest BCUT2D eigenvalue weighted by molar-refractivity contribution is 7.94. The largest absolute Gasteiger partial charge is 0.350 e. The molecule has 0 bridgehead atoms. The van der Waals surface area contributed by atoms with Crippen LogP contribution in [0.2, 0.25) is 0 Å². The number of hydrogen-bond acceptors (Lipinski definition) is 7. The van der Waals surface area contributed by atoms with Gasteiger partial charge < -0.3 is 10.6 Å². The first-order chi connectivity index (χ1) is 13.4. The maximum atomic E-state index is 12.7. The molecule has 1 heterocycles. The Bertz CT molecular complexity index is 996. The average molecular weight is 440 g/mol. The lowest BCUT2D eigenvalue weighted by atomic mass is 9.96. The van der Waals surface area contributed by atoms with Gasteiger partial charge in [-0.3, -0.25) is 14.3 Å². The summed E-state index contributed by atoms with van der Waals surface area (Å²) in [6, 6.07) is 6.24. The van der Waals surface area contributed by atoms with Gasteiger partial charge in [0.05, 0.1) is 11.3 Å². The molecular formula is C18H25N5O4S2. The van der Waals surface area contributed by atoms with Crippen molar-refractivity contribution in [1.82, 2.24) is 15.5 Å². The van der Waals surface area contributed by atoms with E-state index in [0.29, 0.717) is 0 Å². The average Bonchev–Trinajstić information content (AvgIpc) is 3.10. The first kappa shape index (κ1) is 22.8. The molecule has 0 saturated heterocycles. The number of nitrogens with one attached hydrogen (secondary N) is 3. The highest BCUT2D eigenvalue weighted by atomic mass is 32.2.